The van der Waals surface area contributed by atoms with E-state index in [-0.39, 0.29) is 5.97 Å². The number of pyridine rings is 1. The second-order valence-electron chi connectivity index (χ2n) is 5.46. The highest BCUT2D eigenvalue weighted by molar-refractivity contribution is 7.09. The van der Waals surface area contributed by atoms with Crippen LogP contribution in [0.25, 0.3) is 0 Å². The minimum absolute atomic E-state index is 0.0983. The van der Waals surface area contributed by atoms with Gasteiger partial charge in [0.2, 0.25) is 5.13 Å². The van der Waals surface area contributed by atoms with E-state index in [4.69, 9.17) is 4.74 Å². The zero-order chi connectivity index (χ0) is 17.2. The molecule has 0 aliphatic carbocycles. The summed E-state index contributed by atoms with van der Waals surface area (Å²) in [5.41, 5.74) is 1.03. The van der Waals surface area contributed by atoms with Gasteiger partial charge in [0.05, 0.1) is 18.5 Å². The van der Waals surface area contributed by atoms with Gasteiger partial charge in [0.15, 0.2) is 0 Å². The van der Waals surface area contributed by atoms with Gasteiger partial charge in [0, 0.05) is 30.7 Å². The van der Waals surface area contributed by atoms with Crippen molar-refractivity contribution in [1.29, 1.82) is 0 Å². The molecule has 0 amide bonds. The normalized spacial score (nSPS) is 10.6. The number of nitrogens with zero attached hydrogens (tertiary/aromatic N) is 4. The summed E-state index contributed by atoms with van der Waals surface area (Å²) in [5.74, 6) is 0.692. The molecule has 2 aromatic heterocycles. The van der Waals surface area contributed by atoms with Crippen molar-refractivity contribution in [3.8, 4) is 0 Å². The molecular weight excluding hydrogens is 324 g/mol. The molecule has 0 fully saturated rings. The summed E-state index contributed by atoms with van der Waals surface area (Å²) in [6.45, 7) is 5.05. The number of anilines is 2. The number of ether oxygens (including phenoxy) is 1. The molecule has 0 bridgehead atoms. The Hall–Kier alpha value is -2.02. The van der Waals surface area contributed by atoms with Crippen molar-refractivity contribution in [3.63, 3.8) is 0 Å². The molecule has 7 heteroatoms. The van der Waals surface area contributed by atoms with Crippen LogP contribution in [0.2, 0.25) is 0 Å². The Kier molecular flexibility index (Phi) is 7.61. The van der Waals surface area contributed by atoms with Crippen molar-refractivity contribution in [2.45, 2.75) is 46.0 Å². The van der Waals surface area contributed by atoms with E-state index < -0.39 is 0 Å². The number of aryl methyl sites for hydroxylation is 1. The number of unbranched alkanes of at least 4 members (excludes halogenated alkanes) is 3. The molecule has 0 N–H and O–H groups in total. The zero-order valence-electron chi connectivity index (χ0n) is 14.3. The molecule has 0 saturated heterocycles. The van der Waals surface area contributed by atoms with Crippen LogP contribution in [0.1, 0.15) is 44.9 Å². The molecule has 2 rings (SSSR count). The maximum atomic E-state index is 11.3. The first-order chi connectivity index (χ1) is 11.7. The number of esters is 1. The number of aromatic nitrogens is 3. The minimum atomic E-state index is -0.0983. The van der Waals surface area contributed by atoms with Gasteiger partial charge in [-0.1, -0.05) is 12.8 Å². The molecule has 0 saturated carbocycles. The molecule has 0 aliphatic rings. The fraction of sp³-hybridized carbons (Fsp3) is 0.529. The van der Waals surface area contributed by atoms with Crippen molar-refractivity contribution in [3.05, 3.63) is 30.4 Å². The largest absolute Gasteiger partial charge is 0.466 e. The first kappa shape index (κ1) is 18.3. The lowest BCUT2D eigenvalue weighted by molar-refractivity contribution is -0.143. The van der Waals surface area contributed by atoms with Gasteiger partial charge in [-0.3, -0.25) is 9.78 Å². The maximum absolute atomic E-state index is 11.3. The van der Waals surface area contributed by atoms with Gasteiger partial charge in [0.1, 0.15) is 5.82 Å². The van der Waals surface area contributed by atoms with Gasteiger partial charge in [-0.15, -0.1) is 0 Å². The van der Waals surface area contributed by atoms with E-state index in [9.17, 15) is 4.79 Å². The van der Waals surface area contributed by atoms with Crippen LogP contribution in [-0.2, 0) is 9.53 Å². The van der Waals surface area contributed by atoms with E-state index in [2.05, 4.69) is 19.2 Å². The molecule has 0 unspecified atom stereocenters. The lowest BCUT2D eigenvalue weighted by Crippen LogP contribution is -2.18. The van der Waals surface area contributed by atoms with Crippen LogP contribution in [0.5, 0.6) is 0 Å². The Morgan fingerprint density at radius 1 is 1.29 bits per heavy atom. The predicted octanol–water partition coefficient (Wildman–Crippen LogP) is 3.89. The number of hydrogen-bond donors (Lipinski definition) is 0. The van der Waals surface area contributed by atoms with Crippen LogP contribution < -0.4 is 4.90 Å². The SMILES string of the molecule is CCOC(=O)CCCCCCN(c1cccnc1)c1nc(C)ns1. The van der Waals surface area contributed by atoms with Crippen molar-refractivity contribution < 1.29 is 9.53 Å². The quantitative estimate of drug-likeness (QED) is 0.479. The summed E-state index contributed by atoms with van der Waals surface area (Å²) in [5, 5.41) is 0.895. The molecule has 6 nitrogen and oxygen atoms in total. The Morgan fingerprint density at radius 2 is 2.12 bits per heavy atom. The average Bonchev–Trinajstić information content (AvgIpc) is 3.01. The van der Waals surface area contributed by atoms with Crippen molar-refractivity contribution in [2.24, 2.45) is 0 Å². The van der Waals surface area contributed by atoms with E-state index in [1.807, 2.05) is 32.2 Å². The third kappa shape index (κ3) is 5.88. The third-order valence-corrected chi connectivity index (χ3v) is 4.35. The van der Waals surface area contributed by atoms with Crippen LogP contribution in [0.15, 0.2) is 24.5 Å². The molecule has 24 heavy (non-hydrogen) atoms. The van der Waals surface area contributed by atoms with Crippen molar-refractivity contribution in [2.75, 3.05) is 18.1 Å². The van der Waals surface area contributed by atoms with Crippen LogP contribution in [0.4, 0.5) is 10.8 Å². The molecular formula is C17H24N4O2S. The molecule has 130 valence electrons. The Bertz CT molecular complexity index is 618. The highest BCUT2D eigenvalue weighted by Crippen LogP contribution is 2.26. The van der Waals surface area contributed by atoms with E-state index in [0.29, 0.717) is 13.0 Å². The average molecular weight is 348 g/mol. The van der Waals surface area contributed by atoms with Crippen molar-refractivity contribution >= 4 is 28.3 Å². The molecule has 0 aromatic carbocycles. The molecule has 0 radical (unpaired) electrons. The monoisotopic (exact) mass is 348 g/mol. The molecule has 2 heterocycles. The van der Waals surface area contributed by atoms with Crippen LogP contribution >= 0.6 is 11.5 Å². The van der Waals surface area contributed by atoms with Crippen LogP contribution in [0, 0.1) is 6.92 Å². The van der Waals surface area contributed by atoms with Crippen LogP contribution in [0.3, 0.4) is 0 Å². The van der Waals surface area contributed by atoms with E-state index in [1.54, 1.807) is 6.20 Å². The topological polar surface area (TPSA) is 68.2 Å². The molecule has 0 aliphatic heterocycles. The standard InChI is InChI=1S/C17H24N4O2S/c1-3-23-16(22)10-6-4-5-7-12-21(15-9-8-11-18-13-15)17-19-14(2)20-24-17/h8-9,11,13H,3-7,10,12H2,1-2H3. The molecule has 2 aromatic rings. The lowest BCUT2D eigenvalue weighted by Gasteiger charge is -2.21. The maximum Gasteiger partial charge on any atom is 0.305 e. The summed E-state index contributed by atoms with van der Waals surface area (Å²) in [7, 11) is 0. The number of hydrogen-bond acceptors (Lipinski definition) is 7. The second kappa shape index (κ2) is 9.97. The van der Waals surface area contributed by atoms with Gasteiger partial charge in [0.25, 0.3) is 0 Å². The predicted molar refractivity (Wildman–Crippen MR) is 95.6 cm³/mol. The Balaban J connectivity index is 1.81. The summed E-state index contributed by atoms with van der Waals surface area (Å²) >= 11 is 1.41. The number of carbonyl (C=O) groups excluding carboxylic acids is 1. The van der Waals surface area contributed by atoms with Gasteiger partial charge in [-0.05, 0) is 38.8 Å². The van der Waals surface area contributed by atoms with Gasteiger partial charge in [-0.2, -0.15) is 4.37 Å². The van der Waals surface area contributed by atoms with E-state index in [0.717, 1.165) is 48.9 Å². The lowest BCUT2D eigenvalue weighted by atomic mass is 10.1. The fourth-order valence-electron chi connectivity index (χ4n) is 2.37. The third-order valence-electron chi connectivity index (χ3n) is 3.52. The van der Waals surface area contributed by atoms with Crippen LogP contribution in [-0.4, -0.2) is 33.5 Å². The second-order valence-corrected chi connectivity index (χ2v) is 6.19. The Labute approximate surface area is 147 Å². The summed E-state index contributed by atoms with van der Waals surface area (Å²) in [6.07, 6.45) is 8.11. The Morgan fingerprint density at radius 3 is 2.79 bits per heavy atom. The number of rotatable bonds is 10. The summed E-state index contributed by atoms with van der Waals surface area (Å²) in [4.78, 5) is 22.1. The summed E-state index contributed by atoms with van der Waals surface area (Å²) < 4.78 is 9.21. The number of carbonyl (C=O) groups is 1. The van der Waals surface area contributed by atoms with Crippen molar-refractivity contribution in [1.82, 2.24) is 14.3 Å². The first-order valence-electron chi connectivity index (χ1n) is 8.34. The van der Waals surface area contributed by atoms with Gasteiger partial charge < -0.3 is 9.64 Å². The summed E-state index contributed by atoms with van der Waals surface area (Å²) in [6, 6.07) is 3.96. The first-order valence-corrected chi connectivity index (χ1v) is 9.11. The van der Waals surface area contributed by atoms with Gasteiger partial charge >= 0.3 is 5.97 Å². The smallest absolute Gasteiger partial charge is 0.305 e. The van der Waals surface area contributed by atoms with E-state index >= 15 is 0 Å². The highest BCUT2D eigenvalue weighted by Gasteiger charge is 2.13. The minimum Gasteiger partial charge on any atom is -0.466 e. The van der Waals surface area contributed by atoms with Gasteiger partial charge in [-0.25, -0.2) is 4.98 Å². The zero-order valence-corrected chi connectivity index (χ0v) is 15.1. The molecule has 0 atom stereocenters. The molecule has 0 spiro atoms. The van der Waals surface area contributed by atoms with E-state index in [1.165, 1.54) is 11.5 Å². The highest BCUT2D eigenvalue weighted by atomic mass is 32.1. The fourth-order valence-corrected chi connectivity index (χ4v) is 3.09.